The molecule has 0 N–H and O–H groups in total. The van der Waals surface area contributed by atoms with Gasteiger partial charge in [-0.3, -0.25) is 4.90 Å². The highest BCUT2D eigenvalue weighted by molar-refractivity contribution is 5.36. The molecule has 17 heavy (non-hydrogen) atoms. The van der Waals surface area contributed by atoms with Crippen LogP contribution in [0.2, 0.25) is 0 Å². The molecule has 2 aromatic rings. The number of hydrogen-bond donors (Lipinski definition) is 0. The molecular formula is C14H17N3. The van der Waals surface area contributed by atoms with E-state index in [4.69, 9.17) is 0 Å². The van der Waals surface area contributed by atoms with E-state index in [1.54, 1.807) is 0 Å². The molecule has 1 aromatic carbocycles. The number of nitrogens with zero attached hydrogens (tertiary/aromatic N) is 3. The van der Waals surface area contributed by atoms with Crippen LogP contribution in [-0.2, 0) is 13.1 Å². The van der Waals surface area contributed by atoms with Gasteiger partial charge in [0.2, 0.25) is 0 Å². The predicted octanol–water partition coefficient (Wildman–Crippen LogP) is 2.60. The Hall–Kier alpha value is -1.61. The Labute approximate surface area is 102 Å². The first-order valence-corrected chi connectivity index (χ1v) is 6.11. The second-order valence-electron chi connectivity index (χ2n) is 4.86. The Morgan fingerprint density at radius 1 is 1.12 bits per heavy atom. The van der Waals surface area contributed by atoms with Gasteiger partial charge in [0.1, 0.15) is 0 Å². The SMILES string of the molecule is CC(C)N1Cc2cnn(-c3ccccc3)c2C1. The topological polar surface area (TPSA) is 21.1 Å². The molecule has 0 amide bonds. The molecule has 1 aliphatic heterocycles. The maximum atomic E-state index is 4.49. The zero-order valence-electron chi connectivity index (χ0n) is 10.3. The molecule has 0 saturated heterocycles. The van der Waals surface area contributed by atoms with Gasteiger partial charge in [0.05, 0.1) is 17.6 Å². The fraction of sp³-hybridized carbons (Fsp3) is 0.357. The Morgan fingerprint density at radius 3 is 2.59 bits per heavy atom. The summed E-state index contributed by atoms with van der Waals surface area (Å²) in [5, 5.41) is 4.49. The van der Waals surface area contributed by atoms with E-state index in [1.165, 1.54) is 11.3 Å². The quantitative estimate of drug-likeness (QED) is 0.786. The van der Waals surface area contributed by atoms with Crippen molar-refractivity contribution in [1.29, 1.82) is 0 Å². The van der Waals surface area contributed by atoms with Crippen LogP contribution in [0.4, 0.5) is 0 Å². The van der Waals surface area contributed by atoms with E-state index in [0.29, 0.717) is 6.04 Å². The fourth-order valence-electron chi connectivity index (χ4n) is 2.33. The van der Waals surface area contributed by atoms with Crippen molar-refractivity contribution >= 4 is 0 Å². The average Bonchev–Trinajstić information content (AvgIpc) is 2.89. The van der Waals surface area contributed by atoms with Crippen LogP contribution in [0.3, 0.4) is 0 Å². The van der Waals surface area contributed by atoms with Crippen molar-refractivity contribution in [2.75, 3.05) is 0 Å². The molecule has 88 valence electrons. The Bertz CT molecular complexity index is 514. The van der Waals surface area contributed by atoms with E-state index >= 15 is 0 Å². The van der Waals surface area contributed by atoms with Gasteiger partial charge in [-0.2, -0.15) is 5.10 Å². The highest BCUT2D eigenvalue weighted by Gasteiger charge is 2.25. The molecule has 0 radical (unpaired) electrons. The van der Waals surface area contributed by atoms with Crippen LogP contribution in [-0.4, -0.2) is 20.7 Å². The van der Waals surface area contributed by atoms with Crippen LogP contribution in [0, 0.1) is 0 Å². The highest BCUT2D eigenvalue weighted by Crippen LogP contribution is 2.26. The summed E-state index contributed by atoms with van der Waals surface area (Å²) in [4.78, 5) is 2.46. The zero-order chi connectivity index (χ0) is 11.8. The summed E-state index contributed by atoms with van der Waals surface area (Å²) in [7, 11) is 0. The monoisotopic (exact) mass is 227 g/mol. The zero-order valence-corrected chi connectivity index (χ0v) is 10.3. The van der Waals surface area contributed by atoms with Crippen LogP contribution in [0.5, 0.6) is 0 Å². The molecular weight excluding hydrogens is 210 g/mol. The van der Waals surface area contributed by atoms with Crippen LogP contribution in [0.15, 0.2) is 36.5 Å². The number of rotatable bonds is 2. The highest BCUT2D eigenvalue weighted by atomic mass is 15.3. The second-order valence-corrected chi connectivity index (χ2v) is 4.86. The number of aromatic nitrogens is 2. The van der Waals surface area contributed by atoms with Crippen LogP contribution < -0.4 is 0 Å². The third-order valence-corrected chi connectivity index (χ3v) is 3.41. The molecule has 1 aromatic heterocycles. The summed E-state index contributed by atoms with van der Waals surface area (Å²) in [5.41, 5.74) is 3.85. The van der Waals surface area contributed by atoms with Gasteiger partial charge in [0.15, 0.2) is 0 Å². The largest absolute Gasteiger partial charge is 0.291 e. The molecule has 3 heteroatoms. The summed E-state index contributed by atoms with van der Waals surface area (Å²) < 4.78 is 2.07. The smallest absolute Gasteiger partial charge is 0.0649 e. The summed E-state index contributed by atoms with van der Waals surface area (Å²) >= 11 is 0. The first-order chi connectivity index (χ1) is 8.25. The molecule has 3 nitrogen and oxygen atoms in total. The van der Waals surface area contributed by atoms with Gasteiger partial charge < -0.3 is 0 Å². The molecule has 2 heterocycles. The van der Waals surface area contributed by atoms with Crippen molar-refractivity contribution in [3.8, 4) is 5.69 Å². The number of benzene rings is 1. The van der Waals surface area contributed by atoms with Crippen LogP contribution >= 0.6 is 0 Å². The van der Waals surface area contributed by atoms with Crippen molar-refractivity contribution < 1.29 is 0 Å². The van der Waals surface area contributed by atoms with Gasteiger partial charge in [0.25, 0.3) is 0 Å². The first kappa shape index (κ1) is 10.5. The molecule has 3 rings (SSSR count). The fourth-order valence-corrected chi connectivity index (χ4v) is 2.33. The average molecular weight is 227 g/mol. The minimum absolute atomic E-state index is 0.589. The molecule has 0 saturated carbocycles. The number of para-hydroxylation sites is 1. The third-order valence-electron chi connectivity index (χ3n) is 3.41. The van der Waals surface area contributed by atoms with Gasteiger partial charge in [0, 0.05) is 24.7 Å². The van der Waals surface area contributed by atoms with Crippen molar-refractivity contribution in [1.82, 2.24) is 14.7 Å². The molecule has 0 spiro atoms. The first-order valence-electron chi connectivity index (χ1n) is 6.11. The normalized spacial score (nSPS) is 15.5. The lowest BCUT2D eigenvalue weighted by Crippen LogP contribution is -2.25. The third kappa shape index (κ3) is 1.76. The van der Waals surface area contributed by atoms with Gasteiger partial charge in [-0.25, -0.2) is 4.68 Å². The summed E-state index contributed by atoms with van der Waals surface area (Å²) in [6.07, 6.45) is 2.00. The van der Waals surface area contributed by atoms with Crippen LogP contribution in [0.1, 0.15) is 25.1 Å². The van der Waals surface area contributed by atoms with Crippen LogP contribution in [0.25, 0.3) is 5.69 Å². The van der Waals surface area contributed by atoms with E-state index in [-0.39, 0.29) is 0 Å². The summed E-state index contributed by atoms with van der Waals surface area (Å²) in [6, 6.07) is 10.9. The maximum Gasteiger partial charge on any atom is 0.0649 e. The van der Waals surface area contributed by atoms with Crippen molar-refractivity contribution in [2.24, 2.45) is 0 Å². The van der Waals surface area contributed by atoms with E-state index < -0.39 is 0 Å². The van der Waals surface area contributed by atoms with E-state index in [2.05, 4.69) is 52.8 Å². The van der Waals surface area contributed by atoms with Gasteiger partial charge >= 0.3 is 0 Å². The molecule has 0 bridgehead atoms. The lowest BCUT2D eigenvalue weighted by atomic mass is 10.3. The summed E-state index contributed by atoms with van der Waals surface area (Å²) in [5.74, 6) is 0. The molecule has 0 aliphatic carbocycles. The standard InChI is InChI=1S/C14H17N3/c1-11(2)16-9-12-8-15-17(14(12)10-16)13-6-4-3-5-7-13/h3-8,11H,9-10H2,1-2H3. The van der Waals surface area contributed by atoms with Gasteiger partial charge in [-0.05, 0) is 26.0 Å². The summed E-state index contributed by atoms with van der Waals surface area (Å²) in [6.45, 7) is 6.51. The van der Waals surface area contributed by atoms with Crippen molar-refractivity contribution in [2.45, 2.75) is 33.0 Å². The molecule has 0 atom stereocenters. The predicted molar refractivity (Wildman–Crippen MR) is 67.9 cm³/mol. The van der Waals surface area contributed by atoms with E-state index in [9.17, 15) is 0 Å². The number of fused-ring (bicyclic) bond motifs is 1. The lowest BCUT2D eigenvalue weighted by molar-refractivity contribution is 0.223. The van der Waals surface area contributed by atoms with Crippen molar-refractivity contribution in [3.05, 3.63) is 47.8 Å². The second kappa shape index (κ2) is 4.00. The Balaban J connectivity index is 1.97. The molecule has 0 fully saturated rings. The molecule has 1 aliphatic rings. The Morgan fingerprint density at radius 2 is 1.88 bits per heavy atom. The van der Waals surface area contributed by atoms with Crippen molar-refractivity contribution in [3.63, 3.8) is 0 Å². The lowest BCUT2D eigenvalue weighted by Gasteiger charge is -2.19. The minimum atomic E-state index is 0.589. The van der Waals surface area contributed by atoms with E-state index in [1.807, 2.05) is 12.3 Å². The maximum absolute atomic E-state index is 4.49. The minimum Gasteiger partial charge on any atom is -0.291 e. The molecule has 0 unspecified atom stereocenters. The number of hydrogen-bond acceptors (Lipinski definition) is 2. The Kier molecular flexibility index (Phi) is 2.48. The van der Waals surface area contributed by atoms with Gasteiger partial charge in [-0.15, -0.1) is 0 Å². The van der Waals surface area contributed by atoms with Gasteiger partial charge in [-0.1, -0.05) is 18.2 Å². The van der Waals surface area contributed by atoms with E-state index in [0.717, 1.165) is 18.8 Å².